The van der Waals surface area contributed by atoms with E-state index in [1.54, 1.807) is 6.07 Å². The number of carbonyl (C=O) groups is 1. The van der Waals surface area contributed by atoms with Gasteiger partial charge in [0, 0.05) is 43.3 Å². The standard InChI is InChI=1S/C27H29FN4O3/c28-21-6-3-5-19(13-21)16-32(11-10-20-14-29-24-9-2-1-8-23(20)24)17-26-31-25(18-35-26)27(33)30-15-22-7-4-12-34-22/h1-3,5-6,8-9,13-14,18,22,29H,4,7,10-12,15-17H2,(H,30,33). The molecule has 0 bridgehead atoms. The van der Waals surface area contributed by atoms with Crippen LogP contribution in [0, 0.1) is 5.82 Å². The molecule has 4 aromatic rings. The van der Waals surface area contributed by atoms with Gasteiger partial charge in [0.1, 0.15) is 12.1 Å². The number of nitrogens with one attached hydrogen (secondary N) is 2. The number of fused-ring (bicyclic) bond motifs is 1. The number of aromatic nitrogens is 2. The van der Waals surface area contributed by atoms with E-state index in [-0.39, 0.29) is 23.5 Å². The minimum atomic E-state index is -0.272. The molecule has 182 valence electrons. The van der Waals surface area contributed by atoms with Crippen LogP contribution in [0.3, 0.4) is 0 Å². The molecule has 0 spiro atoms. The number of amides is 1. The molecule has 3 heterocycles. The third-order valence-corrected chi connectivity index (χ3v) is 6.33. The quantitative estimate of drug-likeness (QED) is 0.353. The maximum Gasteiger partial charge on any atom is 0.273 e. The van der Waals surface area contributed by atoms with Gasteiger partial charge in [-0.15, -0.1) is 0 Å². The van der Waals surface area contributed by atoms with Crippen molar-refractivity contribution in [1.82, 2.24) is 20.2 Å². The number of hydrogen-bond acceptors (Lipinski definition) is 5. The molecule has 0 saturated carbocycles. The Morgan fingerprint density at radius 3 is 2.97 bits per heavy atom. The van der Waals surface area contributed by atoms with E-state index in [4.69, 9.17) is 9.15 Å². The highest BCUT2D eigenvalue weighted by Gasteiger charge is 2.19. The molecule has 35 heavy (non-hydrogen) atoms. The first-order valence-corrected chi connectivity index (χ1v) is 12.0. The number of halogens is 1. The van der Waals surface area contributed by atoms with E-state index in [1.165, 1.54) is 29.3 Å². The predicted molar refractivity (Wildman–Crippen MR) is 130 cm³/mol. The Balaban J connectivity index is 1.26. The van der Waals surface area contributed by atoms with E-state index >= 15 is 0 Å². The van der Waals surface area contributed by atoms with Crippen molar-refractivity contribution >= 4 is 16.8 Å². The van der Waals surface area contributed by atoms with Crippen molar-refractivity contribution < 1.29 is 18.3 Å². The number of hydrogen-bond donors (Lipinski definition) is 2. The summed E-state index contributed by atoms with van der Waals surface area (Å²) in [6.07, 6.45) is 6.27. The number of benzene rings is 2. The van der Waals surface area contributed by atoms with Crippen LogP contribution in [0.4, 0.5) is 4.39 Å². The van der Waals surface area contributed by atoms with Gasteiger partial charge in [0.25, 0.3) is 5.91 Å². The van der Waals surface area contributed by atoms with Crippen molar-refractivity contribution in [3.8, 4) is 0 Å². The Morgan fingerprint density at radius 1 is 1.20 bits per heavy atom. The summed E-state index contributed by atoms with van der Waals surface area (Å²) in [6, 6.07) is 14.8. The van der Waals surface area contributed by atoms with Gasteiger partial charge in [-0.05, 0) is 48.6 Å². The van der Waals surface area contributed by atoms with Crippen LogP contribution in [0.15, 0.2) is 65.4 Å². The van der Waals surface area contributed by atoms with Crippen molar-refractivity contribution in [2.24, 2.45) is 0 Å². The largest absolute Gasteiger partial charge is 0.447 e. The van der Waals surface area contributed by atoms with Crippen LogP contribution in [0.5, 0.6) is 0 Å². The molecule has 7 nitrogen and oxygen atoms in total. The third kappa shape index (κ3) is 5.96. The van der Waals surface area contributed by atoms with Gasteiger partial charge in [-0.1, -0.05) is 30.3 Å². The second kappa shape index (κ2) is 10.8. The lowest BCUT2D eigenvalue weighted by atomic mass is 10.1. The SMILES string of the molecule is O=C(NCC1CCCO1)c1coc(CN(CCc2c[nH]c3ccccc23)Cc2cccc(F)c2)n1. The van der Waals surface area contributed by atoms with Crippen molar-refractivity contribution in [2.45, 2.75) is 38.5 Å². The van der Waals surface area contributed by atoms with Gasteiger partial charge in [-0.2, -0.15) is 0 Å². The number of aromatic amines is 1. The van der Waals surface area contributed by atoms with Gasteiger partial charge in [0.2, 0.25) is 5.89 Å². The van der Waals surface area contributed by atoms with Gasteiger partial charge >= 0.3 is 0 Å². The lowest BCUT2D eigenvalue weighted by Crippen LogP contribution is -2.32. The summed E-state index contributed by atoms with van der Waals surface area (Å²) in [5.74, 6) is -0.0889. The summed E-state index contributed by atoms with van der Waals surface area (Å²) < 4.78 is 25.0. The molecule has 5 rings (SSSR count). The van der Waals surface area contributed by atoms with E-state index in [0.29, 0.717) is 32.1 Å². The van der Waals surface area contributed by atoms with Crippen molar-refractivity contribution in [3.63, 3.8) is 0 Å². The normalized spacial score (nSPS) is 15.8. The van der Waals surface area contributed by atoms with Gasteiger partial charge < -0.3 is 19.5 Å². The Hall–Kier alpha value is -3.49. The summed E-state index contributed by atoms with van der Waals surface area (Å²) >= 11 is 0. The van der Waals surface area contributed by atoms with E-state index in [0.717, 1.165) is 36.9 Å². The summed E-state index contributed by atoms with van der Waals surface area (Å²) in [4.78, 5) is 22.4. The number of nitrogens with zero attached hydrogens (tertiary/aromatic N) is 2. The molecule has 1 unspecified atom stereocenters. The zero-order valence-corrected chi connectivity index (χ0v) is 19.5. The molecule has 2 N–H and O–H groups in total. The lowest BCUT2D eigenvalue weighted by Gasteiger charge is -2.21. The van der Waals surface area contributed by atoms with Crippen molar-refractivity contribution in [1.29, 1.82) is 0 Å². The number of ether oxygens (including phenoxy) is 1. The van der Waals surface area contributed by atoms with E-state index in [9.17, 15) is 9.18 Å². The smallest absolute Gasteiger partial charge is 0.273 e. The molecule has 1 amide bonds. The van der Waals surface area contributed by atoms with Gasteiger partial charge in [-0.25, -0.2) is 9.37 Å². The van der Waals surface area contributed by atoms with Crippen LogP contribution in [0.2, 0.25) is 0 Å². The Kier molecular flexibility index (Phi) is 7.20. The van der Waals surface area contributed by atoms with Crippen LogP contribution in [0.1, 0.15) is 40.3 Å². The summed E-state index contributed by atoms with van der Waals surface area (Å²) in [5, 5.41) is 4.06. The zero-order valence-electron chi connectivity index (χ0n) is 19.5. The molecule has 1 saturated heterocycles. The Morgan fingerprint density at radius 2 is 2.11 bits per heavy atom. The van der Waals surface area contributed by atoms with Crippen LogP contribution >= 0.6 is 0 Å². The Labute approximate surface area is 203 Å². The van der Waals surface area contributed by atoms with E-state index < -0.39 is 0 Å². The molecule has 2 aromatic heterocycles. The molecular weight excluding hydrogens is 447 g/mol. The van der Waals surface area contributed by atoms with Gasteiger partial charge in [-0.3, -0.25) is 9.69 Å². The monoisotopic (exact) mass is 476 g/mol. The highest BCUT2D eigenvalue weighted by atomic mass is 19.1. The van der Waals surface area contributed by atoms with Crippen molar-refractivity contribution in [3.05, 3.63) is 89.5 Å². The summed E-state index contributed by atoms with van der Waals surface area (Å²) in [7, 11) is 0. The molecule has 8 heteroatoms. The molecule has 1 fully saturated rings. The van der Waals surface area contributed by atoms with Crippen LogP contribution in [-0.2, 0) is 24.2 Å². The van der Waals surface area contributed by atoms with Crippen LogP contribution in [-0.4, -0.2) is 46.6 Å². The molecule has 1 atom stereocenters. The number of oxazole rings is 1. The second-order valence-electron chi connectivity index (χ2n) is 8.92. The van der Waals surface area contributed by atoms with Crippen LogP contribution < -0.4 is 5.32 Å². The van der Waals surface area contributed by atoms with Gasteiger partial charge in [0.05, 0.1) is 12.6 Å². The average molecular weight is 477 g/mol. The highest BCUT2D eigenvalue weighted by Crippen LogP contribution is 2.20. The average Bonchev–Trinajstić information content (AvgIpc) is 3.62. The fraction of sp³-hybridized carbons (Fsp3) is 0.333. The maximum atomic E-state index is 13.8. The fourth-order valence-corrected chi connectivity index (χ4v) is 4.51. The van der Waals surface area contributed by atoms with Crippen LogP contribution in [0.25, 0.3) is 10.9 Å². The minimum Gasteiger partial charge on any atom is -0.447 e. The first kappa shape index (κ1) is 23.3. The third-order valence-electron chi connectivity index (χ3n) is 6.33. The Bertz CT molecular complexity index is 1280. The molecule has 2 aromatic carbocycles. The number of para-hydroxylation sites is 1. The molecule has 0 radical (unpaired) electrons. The second-order valence-corrected chi connectivity index (χ2v) is 8.92. The first-order valence-electron chi connectivity index (χ1n) is 12.0. The molecular formula is C27H29FN4O3. The number of rotatable bonds is 10. The molecule has 1 aliphatic rings. The molecule has 1 aliphatic heterocycles. The lowest BCUT2D eigenvalue weighted by molar-refractivity contribution is 0.0853. The minimum absolute atomic E-state index is 0.0663. The summed E-state index contributed by atoms with van der Waals surface area (Å²) in [6.45, 7) is 2.86. The van der Waals surface area contributed by atoms with Gasteiger partial charge in [0.15, 0.2) is 5.69 Å². The summed E-state index contributed by atoms with van der Waals surface area (Å²) in [5.41, 5.74) is 3.43. The predicted octanol–water partition coefficient (Wildman–Crippen LogP) is 4.45. The van der Waals surface area contributed by atoms with E-state index in [2.05, 4.69) is 32.3 Å². The topological polar surface area (TPSA) is 83.4 Å². The highest BCUT2D eigenvalue weighted by molar-refractivity contribution is 5.91. The first-order chi connectivity index (χ1) is 17.1. The van der Waals surface area contributed by atoms with Crippen molar-refractivity contribution in [2.75, 3.05) is 19.7 Å². The fourth-order valence-electron chi connectivity index (χ4n) is 4.51. The van der Waals surface area contributed by atoms with E-state index in [1.807, 2.05) is 24.4 Å². The zero-order chi connectivity index (χ0) is 24.0. The maximum absolute atomic E-state index is 13.8. The number of carbonyl (C=O) groups excluding carboxylic acids is 1. The number of H-pyrrole nitrogens is 1. The molecule has 0 aliphatic carbocycles.